The van der Waals surface area contributed by atoms with E-state index < -0.39 is 0 Å². The predicted octanol–water partition coefficient (Wildman–Crippen LogP) is 3.02. The van der Waals surface area contributed by atoms with Crippen LogP contribution in [0.3, 0.4) is 0 Å². The molecule has 5 nitrogen and oxygen atoms in total. The summed E-state index contributed by atoms with van der Waals surface area (Å²) in [6.07, 6.45) is 7.27. The van der Waals surface area contributed by atoms with Gasteiger partial charge in [-0.3, -0.25) is 4.79 Å². The fourth-order valence-electron chi connectivity index (χ4n) is 2.92. The molecule has 1 fully saturated rings. The van der Waals surface area contributed by atoms with Crippen molar-refractivity contribution in [3.05, 3.63) is 18.1 Å². The molecule has 5 heteroatoms. The van der Waals surface area contributed by atoms with E-state index in [1.165, 1.54) is 25.6 Å². The molecular formula is C17H28N4O. The predicted molar refractivity (Wildman–Crippen MR) is 89.1 cm³/mol. The number of nitrogens with one attached hydrogen (secondary N) is 1. The van der Waals surface area contributed by atoms with Gasteiger partial charge in [-0.1, -0.05) is 20.8 Å². The van der Waals surface area contributed by atoms with Gasteiger partial charge in [-0.15, -0.1) is 0 Å². The van der Waals surface area contributed by atoms with E-state index in [0.717, 1.165) is 25.2 Å². The molecule has 2 heterocycles. The van der Waals surface area contributed by atoms with Crippen molar-refractivity contribution in [2.45, 2.75) is 58.9 Å². The van der Waals surface area contributed by atoms with Gasteiger partial charge >= 0.3 is 0 Å². The first-order valence-electron chi connectivity index (χ1n) is 8.48. The summed E-state index contributed by atoms with van der Waals surface area (Å²) in [6, 6.07) is 2.36. The average Bonchev–Trinajstić information content (AvgIpc) is 2.54. The average molecular weight is 304 g/mol. The Morgan fingerprint density at radius 2 is 2.23 bits per heavy atom. The Morgan fingerprint density at radius 3 is 2.95 bits per heavy atom. The minimum atomic E-state index is -0.102. The van der Waals surface area contributed by atoms with Crippen LogP contribution in [0.15, 0.2) is 12.4 Å². The highest BCUT2D eigenvalue weighted by atomic mass is 16.1. The van der Waals surface area contributed by atoms with Crippen molar-refractivity contribution < 1.29 is 4.79 Å². The molecule has 1 saturated heterocycles. The van der Waals surface area contributed by atoms with Crippen molar-refractivity contribution in [2.24, 2.45) is 5.92 Å². The Balaban J connectivity index is 2.04. The van der Waals surface area contributed by atoms with E-state index in [1.807, 2.05) is 6.07 Å². The zero-order valence-corrected chi connectivity index (χ0v) is 14.0. The highest BCUT2D eigenvalue weighted by molar-refractivity contribution is 5.92. The van der Waals surface area contributed by atoms with Crippen LogP contribution in [0.2, 0.25) is 0 Å². The minimum absolute atomic E-state index is 0.102. The second-order valence-corrected chi connectivity index (χ2v) is 6.45. The molecule has 0 radical (unpaired) electrons. The first kappa shape index (κ1) is 16.7. The molecule has 1 aliphatic rings. The zero-order valence-electron chi connectivity index (χ0n) is 14.0. The summed E-state index contributed by atoms with van der Waals surface area (Å²) in [6.45, 7) is 8.22. The lowest BCUT2D eigenvalue weighted by Gasteiger charge is -2.36. The summed E-state index contributed by atoms with van der Waals surface area (Å²) in [5.74, 6) is 1.37. The Hall–Kier alpha value is -1.65. The maximum absolute atomic E-state index is 12.2. The van der Waals surface area contributed by atoms with E-state index in [0.29, 0.717) is 24.2 Å². The second kappa shape index (κ2) is 8.11. The largest absolute Gasteiger partial charge is 0.354 e. The second-order valence-electron chi connectivity index (χ2n) is 6.45. The maximum atomic E-state index is 12.2. The molecule has 1 atom stereocenters. The van der Waals surface area contributed by atoms with Crippen LogP contribution in [0.5, 0.6) is 0 Å². The van der Waals surface area contributed by atoms with Crippen LogP contribution in [0.25, 0.3) is 0 Å². The van der Waals surface area contributed by atoms with Gasteiger partial charge in [0.05, 0.1) is 0 Å². The summed E-state index contributed by atoms with van der Waals surface area (Å²) in [7, 11) is 0. The van der Waals surface area contributed by atoms with Crippen LogP contribution in [0.4, 0.5) is 5.82 Å². The lowest BCUT2D eigenvalue weighted by Crippen LogP contribution is -2.40. The Morgan fingerprint density at radius 1 is 1.41 bits per heavy atom. The van der Waals surface area contributed by atoms with E-state index in [9.17, 15) is 4.79 Å². The number of hydrogen-bond donors (Lipinski definition) is 1. The fourth-order valence-corrected chi connectivity index (χ4v) is 2.92. The smallest absolute Gasteiger partial charge is 0.270 e. The molecule has 122 valence electrons. The highest BCUT2D eigenvalue weighted by Gasteiger charge is 2.23. The number of amides is 1. The summed E-state index contributed by atoms with van der Waals surface area (Å²) in [4.78, 5) is 23.0. The molecule has 1 aliphatic heterocycles. The maximum Gasteiger partial charge on any atom is 0.270 e. The summed E-state index contributed by atoms with van der Waals surface area (Å²) >= 11 is 0. The van der Waals surface area contributed by atoms with Gasteiger partial charge in [-0.05, 0) is 38.0 Å². The van der Waals surface area contributed by atoms with Gasteiger partial charge in [0.25, 0.3) is 5.91 Å². The summed E-state index contributed by atoms with van der Waals surface area (Å²) < 4.78 is 0. The molecule has 1 N–H and O–H groups in total. The molecule has 0 aliphatic carbocycles. The van der Waals surface area contributed by atoms with Gasteiger partial charge in [0.15, 0.2) is 0 Å². The first-order valence-corrected chi connectivity index (χ1v) is 8.48. The monoisotopic (exact) mass is 304 g/mol. The molecule has 22 heavy (non-hydrogen) atoms. The number of carbonyl (C=O) groups is 1. The molecular weight excluding hydrogens is 276 g/mol. The highest BCUT2D eigenvalue weighted by Crippen LogP contribution is 2.24. The normalized spacial score (nSPS) is 18.5. The lowest BCUT2D eigenvalue weighted by molar-refractivity contribution is 0.0947. The van der Waals surface area contributed by atoms with E-state index in [2.05, 4.69) is 41.0 Å². The zero-order chi connectivity index (χ0) is 15.9. The van der Waals surface area contributed by atoms with Crippen LogP contribution in [0.1, 0.15) is 63.4 Å². The molecule has 0 saturated carbocycles. The van der Waals surface area contributed by atoms with Crippen LogP contribution in [0, 0.1) is 5.92 Å². The van der Waals surface area contributed by atoms with E-state index >= 15 is 0 Å². The van der Waals surface area contributed by atoms with Crippen LogP contribution in [-0.2, 0) is 0 Å². The quantitative estimate of drug-likeness (QED) is 0.877. The molecule has 1 aromatic heterocycles. The molecule has 0 spiro atoms. The Kier molecular flexibility index (Phi) is 6.16. The van der Waals surface area contributed by atoms with Gasteiger partial charge in [0.1, 0.15) is 17.8 Å². The van der Waals surface area contributed by atoms with Gasteiger partial charge in [-0.25, -0.2) is 9.97 Å². The molecule has 0 aromatic carbocycles. The van der Waals surface area contributed by atoms with Crippen LogP contribution >= 0.6 is 0 Å². The fraction of sp³-hybridized carbons (Fsp3) is 0.706. The topological polar surface area (TPSA) is 58.1 Å². The van der Waals surface area contributed by atoms with Crippen LogP contribution in [-0.4, -0.2) is 35.0 Å². The summed E-state index contributed by atoms with van der Waals surface area (Å²) in [5, 5.41) is 2.94. The number of hydrogen-bond acceptors (Lipinski definition) is 4. The van der Waals surface area contributed by atoms with E-state index in [1.54, 1.807) is 0 Å². The van der Waals surface area contributed by atoms with Gasteiger partial charge < -0.3 is 10.2 Å². The van der Waals surface area contributed by atoms with Crippen molar-refractivity contribution in [3.63, 3.8) is 0 Å². The van der Waals surface area contributed by atoms with Crippen molar-refractivity contribution >= 4 is 11.7 Å². The summed E-state index contributed by atoms with van der Waals surface area (Å²) in [5.41, 5.74) is 0.467. The molecule has 0 bridgehead atoms. The SMILES string of the molecule is CCC1CCCCN1c1cc(C(=O)NCCC(C)C)ncn1. The van der Waals surface area contributed by atoms with Crippen molar-refractivity contribution in [1.29, 1.82) is 0 Å². The molecule has 2 rings (SSSR count). The van der Waals surface area contributed by atoms with Crippen molar-refractivity contribution in [1.82, 2.24) is 15.3 Å². The number of aromatic nitrogens is 2. The molecule has 1 amide bonds. The minimum Gasteiger partial charge on any atom is -0.354 e. The number of rotatable bonds is 6. The van der Waals surface area contributed by atoms with E-state index in [4.69, 9.17) is 0 Å². The van der Waals surface area contributed by atoms with Crippen LogP contribution < -0.4 is 10.2 Å². The third-order valence-electron chi connectivity index (χ3n) is 4.29. The van der Waals surface area contributed by atoms with Crippen molar-refractivity contribution in [3.8, 4) is 0 Å². The lowest BCUT2D eigenvalue weighted by atomic mass is 10.00. The number of anilines is 1. The van der Waals surface area contributed by atoms with Gasteiger partial charge in [-0.2, -0.15) is 0 Å². The number of piperidine rings is 1. The van der Waals surface area contributed by atoms with Gasteiger partial charge in [0, 0.05) is 25.2 Å². The third-order valence-corrected chi connectivity index (χ3v) is 4.29. The van der Waals surface area contributed by atoms with Gasteiger partial charge in [0.2, 0.25) is 0 Å². The number of carbonyl (C=O) groups excluding carboxylic acids is 1. The molecule has 1 unspecified atom stereocenters. The van der Waals surface area contributed by atoms with E-state index in [-0.39, 0.29) is 5.91 Å². The first-order chi connectivity index (χ1) is 10.6. The molecule has 1 aromatic rings. The Bertz CT molecular complexity index is 489. The third kappa shape index (κ3) is 4.42. The van der Waals surface area contributed by atoms with Crippen molar-refractivity contribution in [2.75, 3.05) is 18.0 Å². The number of nitrogens with zero attached hydrogens (tertiary/aromatic N) is 3. The Labute approximate surface area is 133 Å². The standard InChI is InChI=1S/C17H28N4O/c1-4-14-7-5-6-10-21(14)16-11-15(19-12-20-16)17(22)18-9-8-13(2)3/h11-14H,4-10H2,1-3H3,(H,18,22).